The molecule has 246 valence electrons. The Labute approximate surface area is 271 Å². The van der Waals surface area contributed by atoms with Crippen LogP contribution in [0.1, 0.15) is 80.6 Å². The van der Waals surface area contributed by atoms with Crippen molar-refractivity contribution in [3.8, 4) is 17.2 Å². The number of aliphatic hydroxyl groups excluding tert-OH is 1. The minimum Gasteiger partial charge on any atom is -0.507 e. The molecule has 3 fully saturated rings. The first kappa shape index (κ1) is 34.5. The molecule has 0 aromatic heterocycles. The van der Waals surface area contributed by atoms with Gasteiger partial charge in [-0.3, -0.25) is 19.3 Å². The molecular weight excluding hydrogens is 596 g/mol. The summed E-state index contributed by atoms with van der Waals surface area (Å²) in [5.41, 5.74) is 0.398. The van der Waals surface area contributed by atoms with E-state index in [1.165, 1.54) is 19.2 Å². The van der Waals surface area contributed by atoms with Crippen molar-refractivity contribution < 1.29 is 29.3 Å². The first-order chi connectivity index (χ1) is 21.3. The fourth-order valence-corrected chi connectivity index (χ4v) is 7.00. The molecule has 2 aromatic rings. The van der Waals surface area contributed by atoms with Crippen molar-refractivity contribution >= 4 is 30.1 Å². The summed E-state index contributed by atoms with van der Waals surface area (Å²) in [4.78, 5) is 43.5. The van der Waals surface area contributed by atoms with Gasteiger partial charge in [0, 0.05) is 39.3 Å². The molecule has 2 aromatic carbocycles. The summed E-state index contributed by atoms with van der Waals surface area (Å²) >= 11 is 0. The number of halogens is 1. The minimum absolute atomic E-state index is 0. The van der Waals surface area contributed by atoms with Crippen LogP contribution in [0.25, 0.3) is 0 Å². The fourth-order valence-electron chi connectivity index (χ4n) is 7.00. The predicted molar refractivity (Wildman–Crippen MR) is 174 cm³/mol. The van der Waals surface area contributed by atoms with Crippen LogP contribution < -0.4 is 15.4 Å². The van der Waals surface area contributed by atoms with Crippen molar-refractivity contribution in [2.24, 2.45) is 5.92 Å². The van der Waals surface area contributed by atoms with Crippen LogP contribution in [0.15, 0.2) is 42.5 Å². The Morgan fingerprint density at radius 2 is 1.73 bits per heavy atom. The third kappa shape index (κ3) is 7.56. The number of ether oxygens (including phenoxy) is 1. The van der Waals surface area contributed by atoms with E-state index in [0.717, 1.165) is 50.5 Å². The summed E-state index contributed by atoms with van der Waals surface area (Å²) in [6.45, 7) is 4.67. The van der Waals surface area contributed by atoms with Crippen LogP contribution >= 0.6 is 12.4 Å². The van der Waals surface area contributed by atoms with Gasteiger partial charge in [-0.15, -0.1) is 12.4 Å². The van der Waals surface area contributed by atoms with Crippen molar-refractivity contribution in [1.82, 2.24) is 20.4 Å². The van der Waals surface area contributed by atoms with Crippen molar-refractivity contribution in [1.29, 1.82) is 0 Å². The molecule has 3 amide bonds. The average Bonchev–Trinajstić information content (AvgIpc) is 3.04. The summed E-state index contributed by atoms with van der Waals surface area (Å²) in [5.74, 6) is 0.307. The highest BCUT2D eigenvalue weighted by atomic mass is 35.5. The Kier molecular flexibility index (Phi) is 11.7. The first-order valence-corrected chi connectivity index (χ1v) is 16.1. The number of phenols is 1. The largest absolute Gasteiger partial charge is 0.507 e. The molecular formula is C34H47ClN4O6. The molecule has 1 saturated carbocycles. The average molecular weight is 643 g/mol. The number of benzene rings is 2. The zero-order chi connectivity index (χ0) is 31.3. The van der Waals surface area contributed by atoms with Crippen molar-refractivity contribution in [2.45, 2.75) is 88.9 Å². The summed E-state index contributed by atoms with van der Waals surface area (Å²) in [6.07, 6.45) is 7.10. The van der Waals surface area contributed by atoms with Crippen LogP contribution in [0, 0.1) is 5.92 Å². The molecule has 11 heteroatoms. The second kappa shape index (κ2) is 15.3. The molecule has 0 unspecified atom stereocenters. The molecule has 1 aliphatic carbocycles. The quantitative estimate of drug-likeness (QED) is 0.303. The summed E-state index contributed by atoms with van der Waals surface area (Å²) < 4.78 is 5.87. The maximum atomic E-state index is 13.8. The number of phenolic OH excluding ortho intramolecular Hbond substituents is 1. The normalized spacial score (nSPS) is 21.1. The summed E-state index contributed by atoms with van der Waals surface area (Å²) in [6, 6.07) is 11.4. The number of carbonyl (C=O) groups excluding carboxylic acids is 3. The minimum atomic E-state index is -0.873. The molecule has 2 heterocycles. The second-order valence-corrected chi connectivity index (χ2v) is 12.5. The van der Waals surface area contributed by atoms with Crippen LogP contribution in [0.4, 0.5) is 0 Å². The summed E-state index contributed by atoms with van der Waals surface area (Å²) in [7, 11) is 1.50. The smallest absolute Gasteiger partial charge is 0.254 e. The number of nitrogens with zero attached hydrogens (tertiary/aromatic N) is 2. The molecule has 10 nitrogen and oxygen atoms in total. The molecule has 0 radical (unpaired) electrons. The van der Waals surface area contributed by atoms with Gasteiger partial charge < -0.3 is 30.5 Å². The number of aliphatic hydroxyl groups is 1. The first-order valence-electron chi connectivity index (χ1n) is 16.1. The van der Waals surface area contributed by atoms with Gasteiger partial charge in [-0.25, -0.2) is 0 Å². The molecule has 1 spiro atoms. The van der Waals surface area contributed by atoms with Crippen molar-refractivity contribution in [3.05, 3.63) is 53.6 Å². The zero-order valence-electron chi connectivity index (χ0n) is 26.3. The lowest BCUT2D eigenvalue weighted by molar-refractivity contribution is -0.166. The number of piperidine rings is 1. The van der Waals surface area contributed by atoms with E-state index < -0.39 is 17.7 Å². The van der Waals surface area contributed by atoms with Gasteiger partial charge in [0.05, 0.1) is 11.7 Å². The van der Waals surface area contributed by atoms with Crippen LogP contribution in [0.3, 0.4) is 0 Å². The van der Waals surface area contributed by atoms with E-state index in [2.05, 4.69) is 22.5 Å². The number of hydrogen-bond acceptors (Lipinski definition) is 7. The summed E-state index contributed by atoms with van der Waals surface area (Å²) in [5, 5.41) is 26.8. The van der Waals surface area contributed by atoms with Gasteiger partial charge in [0.15, 0.2) is 0 Å². The molecule has 45 heavy (non-hydrogen) atoms. The van der Waals surface area contributed by atoms with Crippen molar-refractivity contribution in [2.75, 3.05) is 26.7 Å². The van der Waals surface area contributed by atoms with E-state index in [0.29, 0.717) is 50.5 Å². The second-order valence-electron chi connectivity index (χ2n) is 12.5. The monoisotopic (exact) mass is 642 g/mol. The number of piperazine rings is 1. The zero-order valence-corrected chi connectivity index (χ0v) is 27.1. The Morgan fingerprint density at radius 1 is 1.07 bits per heavy atom. The molecule has 2 aliphatic heterocycles. The maximum Gasteiger partial charge on any atom is 0.254 e. The lowest BCUT2D eigenvalue weighted by Crippen LogP contribution is -2.75. The Bertz CT molecular complexity index is 1320. The maximum absolute atomic E-state index is 13.8. The highest BCUT2D eigenvalue weighted by molar-refractivity contribution is 6.00. The lowest BCUT2D eigenvalue weighted by Gasteiger charge is -2.52. The van der Waals surface area contributed by atoms with E-state index in [-0.39, 0.29) is 47.4 Å². The Hall–Kier alpha value is -3.34. The number of aromatic hydroxyl groups is 1. The number of likely N-dealkylation sites (tertiary alicyclic amines) is 1. The van der Waals surface area contributed by atoms with Gasteiger partial charge in [-0.05, 0) is 67.9 Å². The predicted octanol–water partition coefficient (Wildman–Crippen LogP) is 4.37. The number of carbonyl (C=O) groups is 3. The van der Waals surface area contributed by atoms with Gasteiger partial charge in [-0.2, -0.15) is 0 Å². The molecule has 2 atom stereocenters. The van der Waals surface area contributed by atoms with E-state index >= 15 is 0 Å². The molecule has 0 bridgehead atoms. The van der Waals surface area contributed by atoms with Gasteiger partial charge in [-0.1, -0.05) is 44.7 Å². The molecule has 3 aliphatic rings. The molecule has 4 N–H and O–H groups in total. The van der Waals surface area contributed by atoms with E-state index in [4.69, 9.17) is 4.74 Å². The van der Waals surface area contributed by atoms with Gasteiger partial charge in [0.2, 0.25) is 11.8 Å². The van der Waals surface area contributed by atoms with Crippen LogP contribution in [-0.4, -0.2) is 82.1 Å². The highest BCUT2D eigenvalue weighted by Crippen LogP contribution is 2.37. The van der Waals surface area contributed by atoms with E-state index in [1.54, 1.807) is 6.07 Å². The topological polar surface area (TPSA) is 131 Å². The van der Waals surface area contributed by atoms with Crippen LogP contribution in [0.5, 0.6) is 17.2 Å². The van der Waals surface area contributed by atoms with Gasteiger partial charge in [0.1, 0.15) is 28.8 Å². The molecule has 2 saturated heterocycles. The third-order valence-corrected chi connectivity index (χ3v) is 9.66. The lowest BCUT2D eigenvalue weighted by atomic mass is 9.78. The Morgan fingerprint density at radius 3 is 2.36 bits per heavy atom. The van der Waals surface area contributed by atoms with Crippen LogP contribution in [0.2, 0.25) is 0 Å². The highest BCUT2D eigenvalue weighted by Gasteiger charge is 2.55. The standard InChI is InChI=1S/C34H46N4O6.ClH/c1-3-4-18-38-32(42)29(30(40)24-8-6-5-7-9-24)36-33(43)34(38)16-19-37(20-17-34)22-23-10-12-25(13-11-23)44-26-14-15-27(28(39)21-26)31(41)35-2;/h10-15,21,24,29-30,39-40H,3-9,16-20,22H2,1-2H3,(H,35,41)(H,36,43);1H/t29-,30-;/m1./s1. The van der Waals surface area contributed by atoms with E-state index in [9.17, 15) is 24.6 Å². The van der Waals surface area contributed by atoms with E-state index in [1.807, 2.05) is 29.2 Å². The number of amides is 3. The number of rotatable bonds is 10. The van der Waals surface area contributed by atoms with Crippen molar-refractivity contribution in [3.63, 3.8) is 0 Å². The van der Waals surface area contributed by atoms with Gasteiger partial charge >= 0.3 is 0 Å². The SMILES string of the molecule is CCCCN1C(=O)[C@@H]([C@H](O)C2CCCCC2)NC(=O)C12CCN(Cc1ccc(Oc3ccc(C(=O)NC)c(O)c3)cc1)CC2.Cl. The number of hydrogen-bond donors (Lipinski definition) is 4. The number of nitrogens with one attached hydrogen (secondary N) is 2. The van der Waals surface area contributed by atoms with Crippen LogP contribution in [-0.2, 0) is 16.1 Å². The third-order valence-electron chi connectivity index (χ3n) is 9.66. The number of unbranched alkanes of at least 4 members (excludes halogenated alkanes) is 1. The molecule has 5 rings (SSSR count). The van der Waals surface area contributed by atoms with Gasteiger partial charge in [0.25, 0.3) is 5.91 Å². The Balaban J connectivity index is 0.00000461. The fraction of sp³-hybridized carbons (Fsp3) is 0.559.